The topological polar surface area (TPSA) is 579 Å². The molecule has 0 heterocycles. The Morgan fingerprint density at radius 1 is 0.365 bits per heavy atom. The van der Waals surface area contributed by atoms with Crippen LogP contribution in [-0.4, -0.2) is 282 Å². The molecule has 0 saturated carbocycles. The third-order valence-electron chi connectivity index (χ3n) is 12.3. The Bertz CT molecular complexity index is 2150. The van der Waals surface area contributed by atoms with Gasteiger partial charge in [-0.15, -0.1) is 0 Å². The van der Waals surface area contributed by atoms with Crippen molar-refractivity contribution < 1.29 is 137 Å². The van der Waals surface area contributed by atoms with Crippen LogP contribution in [0.4, 0.5) is 4.79 Å². The van der Waals surface area contributed by atoms with Crippen LogP contribution < -0.4 is 38.1 Å². The maximum Gasteiger partial charge on any atom is 0.407 e. The van der Waals surface area contributed by atoms with E-state index in [1.54, 1.807) is 63.7 Å². The SMILES string of the molecule is C.CCCCCC(NC(=O)C(N)CCC)C(=O)O.CCCCCC(NC(=O)C(N)CCC)C(=O)O.COC(=O)NC(CSC)C(=O)O.COCC(C)C(=O)O.COCC(C)C(=O)O.COCCC(=O)NC(COC)C(=O)O.CSCC(C)C(=O)O.CSCC(C)C(=O)O.CSCC(NC(C)=O)C(=O)O. The number of thioether (sulfide) groups is 4. The largest absolute Gasteiger partial charge is 0.481 e. The van der Waals surface area contributed by atoms with Crippen LogP contribution in [0.2, 0.25) is 0 Å². The van der Waals surface area contributed by atoms with Gasteiger partial charge in [-0.1, -0.05) is 100 Å². The molecule has 0 rings (SSSR count). The Kier molecular flexibility index (Phi) is 93.8. The Balaban J connectivity index is -0.000000121. The van der Waals surface area contributed by atoms with Crippen LogP contribution in [-0.2, 0) is 86.0 Å². The lowest BCUT2D eigenvalue weighted by Gasteiger charge is -2.17. The monoisotopic (exact) mass is 1580 g/mol. The molecule has 39 heteroatoms. The maximum atomic E-state index is 11.6. The van der Waals surface area contributed by atoms with E-state index in [0.29, 0.717) is 48.7 Å². The number of unbranched alkanes of at least 4 members (excludes halogenated alkanes) is 4. The summed E-state index contributed by atoms with van der Waals surface area (Å²) in [6.07, 6.45) is 16.1. The van der Waals surface area contributed by atoms with Crippen LogP contribution in [0, 0.1) is 23.7 Å². The van der Waals surface area contributed by atoms with Crippen molar-refractivity contribution in [3.05, 3.63) is 0 Å². The summed E-state index contributed by atoms with van der Waals surface area (Å²) >= 11 is 5.84. The number of amides is 5. The average molecular weight is 1590 g/mol. The van der Waals surface area contributed by atoms with Gasteiger partial charge in [0, 0.05) is 64.8 Å². The van der Waals surface area contributed by atoms with Crippen molar-refractivity contribution in [2.45, 2.75) is 196 Å². The fourth-order valence-electron chi connectivity index (χ4n) is 6.37. The molecule has 0 aliphatic heterocycles. The summed E-state index contributed by atoms with van der Waals surface area (Å²) in [5.41, 5.74) is 11.3. The summed E-state index contributed by atoms with van der Waals surface area (Å²) in [6.45, 7) is 16.7. The number of ether oxygens (including phenoxy) is 5. The predicted octanol–water partition coefficient (Wildman–Crippen LogP) is 5.35. The lowest BCUT2D eigenvalue weighted by molar-refractivity contribution is -0.143. The highest BCUT2D eigenvalue weighted by Gasteiger charge is 2.25. The van der Waals surface area contributed by atoms with Gasteiger partial charge >= 0.3 is 59.8 Å². The van der Waals surface area contributed by atoms with Gasteiger partial charge in [-0.05, 0) is 64.6 Å². The number of carboxylic acid groups (broad SMARTS) is 9. The maximum absolute atomic E-state index is 11.6. The third kappa shape index (κ3) is 84.5. The molecule has 0 aromatic rings. The molecule has 0 bridgehead atoms. The molecule has 0 saturated heterocycles. The van der Waals surface area contributed by atoms with E-state index < -0.39 is 102 Å². The van der Waals surface area contributed by atoms with Crippen LogP contribution >= 0.6 is 47.0 Å². The van der Waals surface area contributed by atoms with Crippen LogP contribution in [0.3, 0.4) is 0 Å². The summed E-state index contributed by atoms with van der Waals surface area (Å²) in [5, 5.41) is 88.6. The molecule has 0 fully saturated rings. The van der Waals surface area contributed by atoms with E-state index in [-0.39, 0.29) is 87.6 Å². The van der Waals surface area contributed by atoms with Crippen molar-refractivity contribution in [1.29, 1.82) is 0 Å². The molecule has 104 heavy (non-hydrogen) atoms. The van der Waals surface area contributed by atoms with Gasteiger partial charge in [-0.3, -0.25) is 38.4 Å². The highest BCUT2D eigenvalue weighted by atomic mass is 32.2. The molecule has 18 N–H and O–H groups in total. The van der Waals surface area contributed by atoms with E-state index in [2.05, 4.69) is 50.3 Å². The zero-order valence-corrected chi connectivity index (χ0v) is 66.5. The second kappa shape index (κ2) is 82.2. The number of alkyl carbamates (subject to hydrolysis) is 1. The predicted molar refractivity (Wildman–Crippen MR) is 405 cm³/mol. The molecular formula is C65H129N7O28S4. The van der Waals surface area contributed by atoms with Crippen LogP contribution in [0.5, 0.6) is 0 Å². The minimum absolute atomic E-state index is 0. The van der Waals surface area contributed by atoms with Crippen LogP contribution in [0.15, 0.2) is 0 Å². The first-order valence-electron chi connectivity index (χ1n) is 32.6. The Morgan fingerprint density at radius 3 is 0.885 bits per heavy atom. The summed E-state index contributed by atoms with van der Waals surface area (Å²) in [7, 11) is 7.00. The Hall–Kier alpha value is -6.46. The highest BCUT2D eigenvalue weighted by molar-refractivity contribution is 7.99. The molecule has 0 aliphatic rings. The Labute approximate surface area is 631 Å². The van der Waals surface area contributed by atoms with Gasteiger partial charge in [0.15, 0.2) is 6.04 Å². The van der Waals surface area contributed by atoms with Crippen molar-refractivity contribution in [3.8, 4) is 0 Å². The number of hydrogen-bond donors (Lipinski definition) is 16. The van der Waals surface area contributed by atoms with E-state index in [1.807, 2.05) is 40.2 Å². The van der Waals surface area contributed by atoms with Crippen LogP contribution in [0.1, 0.15) is 153 Å². The zero-order chi connectivity index (χ0) is 82.2. The number of aliphatic carboxylic acids is 9. The summed E-state index contributed by atoms with van der Waals surface area (Å²) < 4.78 is 22.7. The molecule has 35 nitrogen and oxygen atoms in total. The summed E-state index contributed by atoms with van der Waals surface area (Å²) in [6, 6.07) is -5.46. The van der Waals surface area contributed by atoms with Gasteiger partial charge < -0.3 is 108 Å². The van der Waals surface area contributed by atoms with E-state index in [0.717, 1.165) is 51.4 Å². The van der Waals surface area contributed by atoms with Crippen LogP contribution in [0.25, 0.3) is 0 Å². The van der Waals surface area contributed by atoms with Gasteiger partial charge in [0.05, 0.1) is 69.3 Å². The van der Waals surface area contributed by atoms with Gasteiger partial charge in [0.2, 0.25) is 23.6 Å². The molecule has 0 spiro atoms. The van der Waals surface area contributed by atoms with Crippen molar-refractivity contribution in [3.63, 3.8) is 0 Å². The highest BCUT2D eigenvalue weighted by Crippen LogP contribution is 2.08. The van der Waals surface area contributed by atoms with Gasteiger partial charge in [0.25, 0.3) is 0 Å². The number of carboxylic acids is 9. The van der Waals surface area contributed by atoms with Crippen molar-refractivity contribution in [2.75, 3.05) is 110 Å². The van der Waals surface area contributed by atoms with Crippen molar-refractivity contribution >= 4 is 130 Å². The molecular weight excluding hydrogens is 1460 g/mol. The lowest BCUT2D eigenvalue weighted by atomic mass is 10.1. The van der Waals surface area contributed by atoms with E-state index in [4.69, 9.17) is 57.4 Å². The fraction of sp³-hybridized carbons (Fsp3) is 0.785. The second-order valence-corrected chi connectivity index (χ2v) is 25.7. The molecule has 0 aromatic heterocycles. The van der Waals surface area contributed by atoms with E-state index in [9.17, 15) is 67.1 Å². The van der Waals surface area contributed by atoms with Crippen molar-refractivity contribution in [1.82, 2.24) is 26.6 Å². The first-order chi connectivity index (χ1) is 48.1. The number of carbonyl (C=O) groups is 14. The third-order valence-corrected chi connectivity index (χ3v) is 15.3. The molecule has 11 atom stereocenters. The normalized spacial score (nSPS) is 13.0. The quantitative estimate of drug-likeness (QED) is 0.0342. The average Bonchev–Trinajstić information content (AvgIpc) is 0.951. The molecule has 616 valence electrons. The molecule has 5 amide bonds. The molecule has 0 aromatic carbocycles. The lowest BCUT2D eigenvalue weighted by Crippen LogP contribution is -2.48. The number of methoxy groups -OCH3 is 5. The zero-order valence-electron chi connectivity index (χ0n) is 63.3. The standard InChI is InChI=1S/2C12H24N2O3.C8H15NO5.C6H11NO4S.C6H11NO3S.2C5H10O3.2C5H10O2S.CH4/c2*1-3-5-6-8-10(12(16)17)14-11(15)9(13)7-4-2;1-13-4-3-7(10)9-6(5-14-2)8(11)12;1-11-6(10)7-4(3-12-2)5(8)9;1-4(8)7-5(3-11-2)6(9)10;4*1-4(3-8-2)5(6)7;/h2*9-10H,3-8,13H2,1-2H3,(H,14,15)(H,16,17);6H,3-5H2,1-2H3,(H,9,10)(H,11,12);4H,3H2,1-2H3,(H,7,10)(H,8,9);5H,3H2,1-2H3,(H,7,8)(H,9,10);4*4H,3H2,1-2H3,(H,6,7);1H4. The first-order valence-corrected chi connectivity index (χ1v) is 38.2. The Morgan fingerprint density at radius 2 is 0.673 bits per heavy atom. The van der Waals surface area contributed by atoms with Gasteiger partial charge in [-0.2, -0.15) is 47.0 Å². The summed E-state index contributed by atoms with van der Waals surface area (Å²) in [4.78, 5) is 149. The van der Waals surface area contributed by atoms with E-state index >= 15 is 0 Å². The van der Waals surface area contributed by atoms with Gasteiger partial charge in [0.1, 0.15) is 24.2 Å². The summed E-state index contributed by atoms with van der Waals surface area (Å²) in [5.74, 6) is -8.65. The number of hydrogen-bond acceptors (Lipinski definition) is 25. The minimum Gasteiger partial charge on any atom is -0.481 e. The number of rotatable bonds is 45. The number of carbonyl (C=O) groups excluding carboxylic acids is 5. The molecule has 0 aliphatic carbocycles. The number of nitrogens with two attached hydrogens (primary N) is 2. The van der Waals surface area contributed by atoms with E-state index in [1.165, 1.54) is 66.0 Å². The van der Waals surface area contributed by atoms with Gasteiger partial charge in [-0.25, -0.2) is 28.8 Å². The number of nitrogens with one attached hydrogen (secondary N) is 5. The smallest absolute Gasteiger partial charge is 0.407 e. The van der Waals surface area contributed by atoms with Crippen molar-refractivity contribution in [2.24, 2.45) is 35.1 Å². The first kappa shape index (κ1) is 119. The molecule has 11 unspecified atom stereocenters. The minimum atomic E-state index is -1.11. The molecule has 0 radical (unpaired) electrons. The second-order valence-electron chi connectivity index (χ2n) is 22.0. The fourth-order valence-corrected chi connectivity index (χ4v) is 8.77.